The second-order valence-electron chi connectivity index (χ2n) is 8.32. The summed E-state index contributed by atoms with van der Waals surface area (Å²) in [4.78, 5) is 15.6. The lowest BCUT2D eigenvalue weighted by Crippen LogP contribution is -2.36. The van der Waals surface area contributed by atoms with Crippen molar-refractivity contribution in [3.8, 4) is 11.4 Å². The lowest BCUT2D eigenvalue weighted by atomic mass is 9.90. The highest BCUT2D eigenvalue weighted by molar-refractivity contribution is 6.31. The maximum Gasteiger partial charge on any atom is 0.140 e. The van der Waals surface area contributed by atoms with Crippen LogP contribution in [0.15, 0.2) is 42.6 Å². The third-order valence-corrected chi connectivity index (χ3v) is 6.67. The second-order valence-corrected chi connectivity index (χ2v) is 8.76. The van der Waals surface area contributed by atoms with Crippen molar-refractivity contribution in [2.24, 2.45) is 0 Å². The molecule has 0 radical (unpaired) electrons. The molecule has 4 heterocycles. The van der Waals surface area contributed by atoms with Gasteiger partial charge in [-0.3, -0.25) is 4.98 Å². The van der Waals surface area contributed by atoms with Gasteiger partial charge in [0.15, 0.2) is 0 Å². The van der Waals surface area contributed by atoms with Gasteiger partial charge in [0.25, 0.3) is 0 Å². The van der Waals surface area contributed by atoms with E-state index in [1.165, 1.54) is 11.3 Å². The molecule has 2 N–H and O–H groups in total. The molecule has 7 heteroatoms. The van der Waals surface area contributed by atoms with Gasteiger partial charge in [0.1, 0.15) is 5.82 Å². The van der Waals surface area contributed by atoms with Gasteiger partial charge < -0.3 is 19.9 Å². The van der Waals surface area contributed by atoms with Gasteiger partial charge in [0.05, 0.1) is 29.8 Å². The van der Waals surface area contributed by atoms with Gasteiger partial charge in [0, 0.05) is 47.5 Å². The fourth-order valence-corrected chi connectivity index (χ4v) is 5.03. The Morgan fingerprint density at radius 2 is 1.94 bits per heavy atom. The molecule has 2 saturated heterocycles. The molecular formula is C24H24ClN5O. The molecule has 1 atom stereocenters. The number of aromatic nitrogens is 3. The maximum absolute atomic E-state index is 6.37. The summed E-state index contributed by atoms with van der Waals surface area (Å²) in [5.41, 5.74) is 6.53. The summed E-state index contributed by atoms with van der Waals surface area (Å²) < 4.78 is 5.49. The smallest absolute Gasteiger partial charge is 0.140 e. The van der Waals surface area contributed by atoms with E-state index >= 15 is 0 Å². The number of ether oxygens (including phenoxy) is 1. The number of anilines is 1. The van der Waals surface area contributed by atoms with E-state index in [1.807, 2.05) is 24.4 Å². The number of nitrogens with one attached hydrogen (secondary N) is 2. The van der Waals surface area contributed by atoms with E-state index in [0.717, 1.165) is 84.2 Å². The van der Waals surface area contributed by atoms with Crippen LogP contribution in [-0.4, -0.2) is 54.3 Å². The summed E-state index contributed by atoms with van der Waals surface area (Å²) in [7, 11) is 0. The van der Waals surface area contributed by atoms with Gasteiger partial charge in [-0.2, -0.15) is 0 Å². The highest BCUT2D eigenvalue weighted by Crippen LogP contribution is 2.37. The molecular weight excluding hydrogens is 410 g/mol. The number of H-pyrrole nitrogens is 1. The van der Waals surface area contributed by atoms with Crippen molar-refractivity contribution in [2.75, 3.05) is 44.3 Å². The topological polar surface area (TPSA) is 66.1 Å². The lowest BCUT2D eigenvalue weighted by molar-refractivity contribution is 0.122. The van der Waals surface area contributed by atoms with E-state index in [9.17, 15) is 0 Å². The van der Waals surface area contributed by atoms with E-state index in [0.29, 0.717) is 5.92 Å². The quantitative estimate of drug-likeness (QED) is 0.503. The van der Waals surface area contributed by atoms with Crippen molar-refractivity contribution in [3.05, 3.63) is 53.2 Å². The zero-order valence-corrected chi connectivity index (χ0v) is 18.0. The Morgan fingerprint density at radius 3 is 2.77 bits per heavy atom. The normalized spacial score (nSPS) is 19.5. The number of aromatic amines is 1. The molecule has 2 aliphatic rings. The van der Waals surface area contributed by atoms with Crippen LogP contribution < -0.4 is 10.2 Å². The number of fused-ring (bicyclic) bond motifs is 2. The first-order valence-electron chi connectivity index (χ1n) is 10.9. The summed E-state index contributed by atoms with van der Waals surface area (Å²) >= 11 is 6.37. The first-order valence-corrected chi connectivity index (χ1v) is 11.3. The fraction of sp³-hybridized carbons (Fsp3) is 0.333. The Bertz CT molecular complexity index is 1260. The number of nitrogens with zero attached hydrogens (tertiary/aromatic N) is 3. The van der Waals surface area contributed by atoms with Gasteiger partial charge in [-0.15, -0.1) is 0 Å². The van der Waals surface area contributed by atoms with Crippen molar-refractivity contribution in [1.82, 2.24) is 20.3 Å². The molecule has 158 valence electrons. The zero-order valence-electron chi connectivity index (χ0n) is 17.2. The van der Waals surface area contributed by atoms with Crippen LogP contribution in [0.25, 0.3) is 33.3 Å². The first-order chi connectivity index (χ1) is 15.3. The molecule has 0 amide bonds. The number of pyridine rings is 1. The molecule has 4 aromatic rings. The minimum absolute atomic E-state index is 0.413. The molecule has 2 aliphatic heterocycles. The van der Waals surface area contributed by atoms with E-state index in [1.54, 1.807) is 0 Å². The monoisotopic (exact) mass is 433 g/mol. The summed E-state index contributed by atoms with van der Waals surface area (Å²) in [5, 5.41) is 5.35. The Kier molecular flexibility index (Phi) is 4.78. The number of hydrogen-bond acceptors (Lipinski definition) is 5. The molecule has 0 aliphatic carbocycles. The first kappa shape index (κ1) is 19.0. The van der Waals surface area contributed by atoms with Crippen LogP contribution in [0, 0.1) is 0 Å². The van der Waals surface area contributed by atoms with Crippen molar-refractivity contribution in [3.63, 3.8) is 0 Å². The molecule has 2 aromatic heterocycles. The largest absolute Gasteiger partial charge is 0.378 e. The van der Waals surface area contributed by atoms with Crippen LogP contribution >= 0.6 is 11.6 Å². The maximum atomic E-state index is 6.37. The minimum Gasteiger partial charge on any atom is -0.378 e. The predicted molar refractivity (Wildman–Crippen MR) is 125 cm³/mol. The highest BCUT2D eigenvalue weighted by Gasteiger charge is 2.25. The standard InChI is InChI=1S/C24H24ClN5O/c25-16-1-3-20-18(11-16)23(15-5-6-26-13-15)19(14-27-20)24-28-21-4-2-17(12-22(21)29-24)30-7-9-31-10-8-30/h1-4,11-12,14-15,26H,5-10,13H2,(H,28,29). The average molecular weight is 434 g/mol. The van der Waals surface area contributed by atoms with Crippen molar-refractivity contribution < 1.29 is 4.74 Å². The van der Waals surface area contributed by atoms with Crippen LogP contribution in [0.2, 0.25) is 5.02 Å². The van der Waals surface area contributed by atoms with Crippen LogP contribution in [0.4, 0.5) is 5.69 Å². The molecule has 6 nitrogen and oxygen atoms in total. The van der Waals surface area contributed by atoms with E-state index in [4.69, 9.17) is 26.3 Å². The summed E-state index contributed by atoms with van der Waals surface area (Å²) in [6, 6.07) is 12.4. The minimum atomic E-state index is 0.413. The van der Waals surface area contributed by atoms with E-state index in [-0.39, 0.29) is 0 Å². The molecule has 31 heavy (non-hydrogen) atoms. The van der Waals surface area contributed by atoms with Crippen LogP contribution in [0.3, 0.4) is 0 Å². The zero-order chi connectivity index (χ0) is 20.8. The van der Waals surface area contributed by atoms with Crippen LogP contribution in [0.5, 0.6) is 0 Å². The third kappa shape index (κ3) is 3.45. The van der Waals surface area contributed by atoms with Gasteiger partial charge in [-0.25, -0.2) is 4.98 Å². The highest BCUT2D eigenvalue weighted by atomic mass is 35.5. The van der Waals surface area contributed by atoms with Crippen LogP contribution in [-0.2, 0) is 4.74 Å². The van der Waals surface area contributed by atoms with Crippen LogP contribution in [0.1, 0.15) is 17.9 Å². The van der Waals surface area contributed by atoms with Gasteiger partial charge in [-0.1, -0.05) is 11.6 Å². The number of rotatable bonds is 3. The summed E-state index contributed by atoms with van der Waals surface area (Å²) in [6.45, 7) is 5.37. The molecule has 1 unspecified atom stereocenters. The molecule has 0 spiro atoms. The number of morpholine rings is 1. The number of imidazole rings is 1. The Morgan fingerprint density at radius 1 is 1.06 bits per heavy atom. The fourth-order valence-electron chi connectivity index (χ4n) is 4.86. The van der Waals surface area contributed by atoms with E-state index in [2.05, 4.69) is 33.4 Å². The summed E-state index contributed by atoms with van der Waals surface area (Å²) in [5.74, 6) is 1.28. The Hall–Kier alpha value is -2.67. The average Bonchev–Trinajstić information content (AvgIpc) is 3.48. The van der Waals surface area contributed by atoms with Gasteiger partial charge in [0.2, 0.25) is 0 Å². The number of halogens is 1. The Balaban J connectivity index is 1.48. The molecule has 2 aromatic carbocycles. The van der Waals surface area contributed by atoms with Gasteiger partial charge >= 0.3 is 0 Å². The van der Waals surface area contributed by atoms with E-state index < -0.39 is 0 Å². The van der Waals surface area contributed by atoms with Crippen molar-refractivity contribution >= 4 is 39.2 Å². The number of benzene rings is 2. The number of hydrogen-bond donors (Lipinski definition) is 2. The third-order valence-electron chi connectivity index (χ3n) is 6.44. The molecule has 6 rings (SSSR count). The summed E-state index contributed by atoms with van der Waals surface area (Å²) in [6.07, 6.45) is 3.06. The lowest BCUT2D eigenvalue weighted by Gasteiger charge is -2.28. The van der Waals surface area contributed by atoms with Crippen molar-refractivity contribution in [1.29, 1.82) is 0 Å². The predicted octanol–water partition coefficient (Wildman–Crippen LogP) is 4.35. The molecule has 0 saturated carbocycles. The second kappa shape index (κ2) is 7.79. The molecule has 0 bridgehead atoms. The SMILES string of the molecule is Clc1ccc2ncc(-c3nc4ccc(N5CCOCC5)cc4[nH]3)c(C3CCNC3)c2c1. The Labute approximate surface area is 185 Å². The van der Waals surface area contributed by atoms with Gasteiger partial charge in [-0.05, 0) is 60.8 Å². The molecule has 2 fully saturated rings. The van der Waals surface area contributed by atoms with Crippen molar-refractivity contribution in [2.45, 2.75) is 12.3 Å².